The Bertz CT molecular complexity index is 602. The Balaban J connectivity index is 2.28. The maximum absolute atomic E-state index is 10.6. The SMILES string of the molecule is CC(=Cc1ccc(-c2ccc(Br)cc2)s1)[N+](=O)[O-]. The number of benzene rings is 1. The summed E-state index contributed by atoms with van der Waals surface area (Å²) in [5, 5.41) is 10.6. The molecule has 5 heteroatoms. The van der Waals surface area contributed by atoms with Gasteiger partial charge in [-0.3, -0.25) is 10.1 Å². The highest BCUT2D eigenvalue weighted by atomic mass is 79.9. The number of halogens is 1. The van der Waals surface area contributed by atoms with Gasteiger partial charge in [0, 0.05) is 27.2 Å². The summed E-state index contributed by atoms with van der Waals surface area (Å²) in [6.45, 7) is 1.50. The normalized spacial score (nSPS) is 11.6. The average Bonchev–Trinajstić information content (AvgIpc) is 2.78. The summed E-state index contributed by atoms with van der Waals surface area (Å²) in [5.41, 5.74) is 1.26. The number of nitro groups is 1. The van der Waals surface area contributed by atoms with Gasteiger partial charge in [0.1, 0.15) is 0 Å². The second-order valence-electron chi connectivity index (χ2n) is 3.75. The van der Waals surface area contributed by atoms with Crippen molar-refractivity contribution in [3.8, 4) is 10.4 Å². The fourth-order valence-electron chi connectivity index (χ4n) is 1.46. The molecule has 0 saturated heterocycles. The fourth-order valence-corrected chi connectivity index (χ4v) is 2.73. The Hall–Kier alpha value is -1.46. The van der Waals surface area contributed by atoms with Crippen LogP contribution in [-0.2, 0) is 0 Å². The molecule has 0 bridgehead atoms. The predicted octanol–water partition coefficient (Wildman–Crippen LogP) is 4.82. The summed E-state index contributed by atoms with van der Waals surface area (Å²) in [6, 6.07) is 11.9. The van der Waals surface area contributed by atoms with E-state index in [9.17, 15) is 10.1 Å². The number of nitrogens with zero attached hydrogens (tertiary/aromatic N) is 1. The highest BCUT2D eigenvalue weighted by Crippen LogP contribution is 2.30. The standard InChI is InChI=1S/C13H10BrNO2S/c1-9(15(16)17)8-12-6-7-13(18-12)10-2-4-11(14)5-3-10/h2-8H,1H3. The molecule has 0 saturated carbocycles. The Kier molecular flexibility index (Phi) is 3.93. The molecule has 0 aliphatic rings. The van der Waals surface area contributed by atoms with Gasteiger partial charge in [-0.2, -0.15) is 0 Å². The van der Waals surface area contributed by atoms with E-state index in [4.69, 9.17) is 0 Å². The molecular weight excluding hydrogens is 314 g/mol. The van der Waals surface area contributed by atoms with Crippen molar-refractivity contribution in [3.63, 3.8) is 0 Å². The van der Waals surface area contributed by atoms with Crippen LogP contribution < -0.4 is 0 Å². The van der Waals surface area contributed by atoms with Crippen molar-refractivity contribution >= 4 is 33.3 Å². The molecule has 92 valence electrons. The van der Waals surface area contributed by atoms with Gasteiger partial charge in [0.25, 0.3) is 0 Å². The monoisotopic (exact) mass is 323 g/mol. The topological polar surface area (TPSA) is 43.1 Å². The van der Waals surface area contributed by atoms with E-state index in [0.717, 1.165) is 19.8 Å². The lowest BCUT2D eigenvalue weighted by Gasteiger charge is -1.96. The van der Waals surface area contributed by atoms with E-state index in [0.29, 0.717) is 0 Å². The number of rotatable bonds is 3. The third-order valence-corrected chi connectivity index (χ3v) is 4.00. The van der Waals surface area contributed by atoms with Crippen LogP contribution in [0.15, 0.2) is 46.6 Å². The van der Waals surface area contributed by atoms with Gasteiger partial charge in [0.05, 0.1) is 4.92 Å². The van der Waals surface area contributed by atoms with E-state index < -0.39 is 0 Å². The van der Waals surface area contributed by atoms with E-state index in [1.807, 2.05) is 36.4 Å². The minimum absolute atomic E-state index is 0.152. The van der Waals surface area contributed by atoms with E-state index in [2.05, 4.69) is 15.9 Å². The average molecular weight is 324 g/mol. The minimum Gasteiger partial charge on any atom is -0.259 e. The molecular formula is C13H10BrNO2S. The maximum atomic E-state index is 10.6. The van der Waals surface area contributed by atoms with Crippen molar-refractivity contribution in [3.05, 3.63) is 61.6 Å². The summed E-state index contributed by atoms with van der Waals surface area (Å²) >= 11 is 4.93. The molecule has 1 heterocycles. The van der Waals surface area contributed by atoms with Crippen LogP contribution in [-0.4, -0.2) is 4.92 Å². The number of thiophene rings is 1. The lowest BCUT2D eigenvalue weighted by molar-refractivity contribution is -0.422. The molecule has 0 spiro atoms. The van der Waals surface area contributed by atoms with Gasteiger partial charge in [-0.15, -0.1) is 11.3 Å². The second-order valence-corrected chi connectivity index (χ2v) is 5.78. The molecule has 0 N–H and O–H groups in total. The largest absolute Gasteiger partial charge is 0.259 e. The van der Waals surface area contributed by atoms with Gasteiger partial charge < -0.3 is 0 Å². The predicted molar refractivity (Wildman–Crippen MR) is 78.1 cm³/mol. The molecule has 2 rings (SSSR count). The third kappa shape index (κ3) is 3.05. The zero-order chi connectivity index (χ0) is 13.1. The van der Waals surface area contributed by atoms with Crippen LogP contribution >= 0.6 is 27.3 Å². The summed E-state index contributed by atoms with van der Waals surface area (Å²) in [7, 11) is 0. The number of hydrogen-bond acceptors (Lipinski definition) is 3. The molecule has 0 unspecified atom stereocenters. The first-order chi connectivity index (χ1) is 8.56. The second kappa shape index (κ2) is 5.46. The van der Waals surface area contributed by atoms with Crippen LogP contribution in [0.3, 0.4) is 0 Å². The quantitative estimate of drug-likeness (QED) is 0.600. The summed E-state index contributed by atoms with van der Waals surface area (Å²) in [6.07, 6.45) is 1.59. The van der Waals surface area contributed by atoms with Crippen LogP contribution in [0.4, 0.5) is 0 Å². The Labute approximate surface area is 117 Å². The fraction of sp³-hybridized carbons (Fsp3) is 0.0769. The van der Waals surface area contributed by atoms with Crippen LogP contribution in [0.25, 0.3) is 16.5 Å². The molecule has 2 aromatic rings. The first-order valence-electron chi connectivity index (χ1n) is 5.25. The molecule has 18 heavy (non-hydrogen) atoms. The Morgan fingerprint density at radius 1 is 1.28 bits per heavy atom. The summed E-state index contributed by atoms with van der Waals surface area (Å²) in [5.74, 6) is 0. The number of allylic oxidation sites excluding steroid dienone is 1. The zero-order valence-corrected chi connectivity index (χ0v) is 12.0. The maximum Gasteiger partial charge on any atom is 0.244 e. The van der Waals surface area contributed by atoms with Crippen molar-refractivity contribution in [1.29, 1.82) is 0 Å². The highest BCUT2D eigenvalue weighted by Gasteiger charge is 2.05. The van der Waals surface area contributed by atoms with Crippen molar-refractivity contribution in [2.24, 2.45) is 0 Å². The molecule has 0 aliphatic carbocycles. The van der Waals surface area contributed by atoms with Gasteiger partial charge in [0.15, 0.2) is 0 Å². The lowest BCUT2D eigenvalue weighted by atomic mass is 10.2. The summed E-state index contributed by atoms with van der Waals surface area (Å²) < 4.78 is 1.03. The van der Waals surface area contributed by atoms with Gasteiger partial charge in [-0.25, -0.2) is 0 Å². The molecule has 3 nitrogen and oxygen atoms in total. The van der Waals surface area contributed by atoms with Crippen molar-refractivity contribution in [1.82, 2.24) is 0 Å². The van der Waals surface area contributed by atoms with Gasteiger partial charge in [-0.1, -0.05) is 28.1 Å². The molecule has 0 fully saturated rings. The van der Waals surface area contributed by atoms with Gasteiger partial charge in [-0.05, 0) is 29.8 Å². The van der Waals surface area contributed by atoms with Crippen molar-refractivity contribution < 1.29 is 4.92 Å². The van der Waals surface area contributed by atoms with Crippen LogP contribution in [0, 0.1) is 10.1 Å². The first kappa shape index (κ1) is 13.0. The molecule has 0 aliphatic heterocycles. The van der Waals surface area contributed by atoms with Crippen molar-refractivity contribution in [2.75, 3.05) is 0 Å². The van der Waals surface area contributed by atoms with Crippen LogP contribution in [0.1, 0.15) is 11.8 Å². The first-order valence-corrected chi connectivity index (χ1v) is 6.85. The number of hydrogen-bond donors (Lipinski definition) is 0. The van der Waals surface area contributed by atoms with Crippen LogP contribution in [0.5, 0.6) is 0 Å². The van der Waals surface area contributed by atoms with E-state index >= 15 is 0 Å². The van der Waals surface area contributed by atoms with Gasteiger partial charge >= 0.3 is 0 Å². The van der Waals surface area contributed by atoms with E-state index in [1.54, 1.807) is 17.4 Å². The smallest absolute Gasteiger partial charge is 0.244 e. The van der Waals surface area contributed by atoms with Gasteiger partial charge in [0.2, 0.25) is 5.70 Å². The molecule has 0 radical (unpaired) electrons. The van der Waals surface area contributed by atoms with Crippen molar-refractivity contribution in [2.45, 2.75) is 6.92 Å². The lowest BCUT2D eigenvalue weighted by Crippen LogP contribution is -1.91. The van der Waals surface area contributed by atoms with Crippen LogP contribution in [0.2, 0.25) is 0 Å². The third-order valence-electron chi connectivity index (χ3n) is 2.39. The molecule has 0 amide bonds. The molecule has 0 atom stereocenters. The Morgan fingerprint density at radius 2 is 1.94 bits per heavy atom. The zero-order valence-electron chi connectivity index (χ0n) is 9.59. The molecule has 1 aromatic carbocycles. The minimum atomic E-state index is -0.376. The molecule has 1 aromatic heterocycles. The Morgan fingerprint density at radius 3 is 2.56 bits per heavy atom. The summed E-state index contributed by atoms with van der Waals surface area (Å²) in [4.78, 5) is 12.2. The van der Waals surface area contributed by atoms with E-state index in [-0.39, 0.29) is 10.6 Å². The highest BCUT2D eigenvalue weighted by molar-refractivity contribution is 9.10. The van der Waals surface area contributed by atoms with E-state index in [1.165, 1.54) is 6.92 Å².